The molecule has 43 heavy (non-hydrogen) atoms. The second-order valence-corrected chi connectivity index (χ2v) is 12.3. The van der Waals surface area contributed by atoms with E-state index in [0.717, 1.165) is 5.39 Å². The zero-order valence-corrected chi connectivity index (χ0v) is 24.0. The van der Waals surface area contributed by atoms with Gasteiger partial charge >= 0.3 is 0 Å². The zero-order valence-electron chi connectivity index (χ0n) is 23.1. The van der Waals surface area contributed by atoms with Crippen LogP contribution in [0.25, 0.3) is 85.5 Å². The molecule has 8 aromatic carbocycles. The van der Waals surface area contributed by atoms with E-state index < -0.39 is 0 Å². The van der Waals surface area contributed by atoms with E-state index in [1.807, 2.05) is 12.1 Å². The van der Waals surface area contributed by atoms with Gasteiger partial charge in [-0.25, -0.2) is 0 Å². The van der Waals surface area contributed by atoms with Gasteiger partial charge in [-0.05, 0) is 114 Å². The molecule has 0 unspecified atom stereocenters. The van der Waals surface area contributed by atoms with Crippen molar-refractivity contribution in [1.82, 2.24) is 0 Å². The molecule has 0 aliphatic rings. The van der Waals surface area contributed by atoms with Crippen molar-refractivity contribution in [3.05, 3.63) is 145 Å². The first kappa shape index (κ1) is 24.1. The molecule has 0 saturated carbocycles. The molecule has 9 rings (SSSR count). The Balaban J connectivity index is 1.35. The number of benzene rings is 8. The van der Waals surface area contributed by atoms with Crippen LogP contribution in [0.1, 0.15) is 5.56 Å². The predicted octanol–water partition coefficient (Wildman–Crippen LogP) is 11.9. The van der Waals surface area contributed by atoms with Crippen LogP contribution in [-0.4, -0.2) is 0 Å². The molecule has 1 heterocycles. The third-order valence-electron chi connectivity index (χ3n) is 8.85. The van der Waals surface area contributed by atoms with Crippen molar-refractivity contribution >= 4 is 74.6 Å². The molecule has 198 valence electrons. The Morgan fingerprint density at radius 1 is 0.395 bits per heavy atom. The Morgan fingerprint density at radius 3 is 1.60 bits per heavy atom. The summed E-state index contributed by atoms with van der Waals surface area (Å²) in [7, 11) is 0. The van der Waals surface area contributed by atoms with Crippen LogP contribution in [0, 0.1) is 11.3 Å². The molecule has 0 atom stereocenters. The lowest BCUT2D eigenvalue weighted by Gasteiger charge is -2.16. The van der Waals surface area contributed by atoms with Gasteiger partial charge < -0.3 is 0 Å². The van der Waals surface area contributed by atoms with E-state index >= 15 is 0 Å². The van der Waals surface area contributed by atoms with E-state index in [1.165, 1.54) is 80.1 Å². The number of nitriles is 1. The lowest BCUT2D eigenvalue weighted by Crippen LogP contribution is -1.89. The van der Waals surface area contributed by atoms with Crippen molar-refractivity contribution in [1.29, 1.82) is 5.26 Å². The molecule has 0 fully saturated rings. The Kier molecular flexibility index (Phi) is 5.20. The van der Waals surface area contributed by atoms with Gasteiger partial charge in [0.1, 0.15) is 0 Å². The van der Waals surface area contributed by atoms with Crippen molar-refractivity contribution in [3.8, 4) is 28.3 Å². The second kappa shape index (κ2) is 9.26. The van der Waals surface area contributed by atoms with Crippen molar-refractivity contribution < 1.29 is 0 Å². The number of hydrogen-bond donors (Lipinski definition) is 0. The molecule has 0 radical (unpaired) electrons. The molecular formula is C41H23NS. The summed E-state index contributed by atoms with van der Waals surface area (Å²) in [6, 6.07) is 52.9. The summed E-state index contributed by atoms with van der Waals surface area (Å²) in [5.74, 6) is 0. The highest BCUT2D eigenvalue weighted by molar-refractivity contribution is 7.25. The maximum Gasteiger partial charge on any atom is 0.0991 e. The van der Waals surface area contributed by atoms with Gasteiger partial charge in [0.05, 0.1) is 11.6 Å². The minimum atomic E-state index is 0.697. The zero-order chi connectivity index (χ0) is 28.5. The average Bonchev–Trinajstić information content (AvgIpc) is 3.44. The van der Waals surface area contributed by atoms with Crippen LogP contribution in [0.2, 0.25) is 0 Å². The van der Waals surface area contributed by atoms with E-state index in [2.05, 4.69) is 133 Å². The molecule has 0 saturated heterocycles. The fourth-order valence-corrected chi connectivity index (χ4v) is 7.87. The van der Waals surface area contributed by atoms with Gasteiger partial charge in [0, 0.05) is 20.2 Å². The minimum Gasteiger partial charge on any atom is -0.192 e. The predicted molar refractivity (Wildman–Crippen MR) is 185 cm³/mol. The molecule has 0 N–H and O–H groups in total. The summed E-state index contributed by atoms with van der Waals surface area (Å²) < 4.78 is 2.45. The number of fused-ring (bicyclic) bond motifs is 9. The largest absolute Gasteiger partial charge is 0.192 e. The number of nitrogens with zero attached hydrogens (tertiary/aromatic N) is 1. The lowest BCUT2D eigenvalue weighted by atomic mass is 9.87. The standard InChI is InChI=1S/C41H23NS/c42-24-25-13-17-40-38(19-25)39-21-29(16-18-41(39)43-40)35-23-37-32-11-5-3-9-30(32)34(22-36(37)33-12-6-4-10-31(33)35)28-15-14-26-7-1-2-8-27(26)20-28/h1-23H. The van der Waals surface area contributed by atoms with Gasteiger partial charge in [0.25, 0.3) is 0 Å². The van der Waals surface area contributed by atoms with E-state index in [-0.39, 0.29) is 0 Å². The summed E-state index contributed by atoms with van der Waals surface area (Å²) in [6.45, 7) is 0. The Labute approximate surface area is 252 Å². The molecule has 0 bridgehead atoms. The molecule has 1 nitrogen and oxygen atoms in total. The van der Waals surface area contributed by atoms with Gasteiger partial charge in [-0.3, -0.25) is 0 Å². The number of thiophene rings is 1. The van der Waals surface area contributed by atoms with Crippen molar-refractivity contribution in [2.45, 2.75) is 0 Å². The highest BCUT2D eigenvalue weighted by atomic mass is 32.1. The topological polar surface area (TPSA) is 23.8 Å². The van der Waals surface area contributed by atoms with Crippen molar-refractivity contribution in [3.63, 3.8) is 0 Å². The highest BCUT2D eigenvalue weighted by Crippen LogP contribution is 2.43. The molecule has 0 spiro atoms. The molecule has 9 aromatic rings. The van der Waals surface area contributed by atoms with Crippen molar-refractivity contribution in [2.24, 2.45) is 0 Å². The van der Waals surface area contributed by atoms with Gasteiger partial charge in [0.15, 0.2) is 0 Å². The van der Waals surface area contributed by atoms with Crippen LogP contribution in [0.4, 0.5) is 0 Å². The molecule has 2 heteroatoms. The highest BCUT2D eigenvalue weighted by Gasteiger charge is 2.16. The summed E-state index contributed by atoms with van der Waals surface area (Å²) in [5.41, 5.74) is 5.60. The monoisotopic (exact) mass is 561 g/mol. The summed E-state index contributed by atoms with van der Waals surface area (Å²) in [4.78, 5) is 0. The van der Waals surface area contributed by atoms with Crippen LogP contribution in [0.3, 0.4) is 0 Å². The third kappa shape index (κ3) is 3.69. The Hall–Kier alpha value is -5.49. The van der Waals surface area contributed by atoms with E-state index in [9.17, 15) is 5.26 Å². The molecule has 0 aliphatic carbocycles. The number of rotatable bonds is 2. The van der Waals surface area contributed by atoms with Gasteiger partial charge in [-0.15, -0.1) is 11.3 Å². The van der Waals surface area contributed by atoms with Crippen LogP contribution >= 0.6 is 11.3 Å². The maximum atomic E-state index is 9.54. The van der Waals surface area contributed by atoms with Gasteiger partial charge in [0.2, 0.25) is 0 Å². The van der Waals surface area contributed by atoms with Crippen molar-refractivity contribution in [2.75, 3.05) is 0 Å². The van der Waals surface area contributed by atoms with E-state index in [1.54, 1.807) is 11.3 Å². The summed E-state index contributed by atoms with van der Waals surface area (Å²) in [5, 5.41) is 21.9. The quantitative estimate of drug-likeness (QED) is 0.193. The minimum absolute atomic E-state index is 0.697. The Morgan fingerprint density at radius 2 is 0.930 bits per heavy atom. The van der Waals surface area contributed by atoms with Crippen LogP contribution < -0.4 is 0 Å². The third-order valence-corrected chi connectivity index (χ3v) is 10.0. The summed E-state index contributed by atoms with van der Waals surface area (Å²) >= 11 is 1.78. The first-order valence-electron chi connectivity index (χ1n) is 14.5. The van der Waals surface area contributed by atoms with Gasteiger partial charge in [-0.1, -0.05) is 91.0 Å². The van der Waals surface area contributed by atoms with Crippen LogP contribution in [-0.2, 0) is 0 Å². The van der Waals surface area contributed by atoms with E-state index in [0.29, 0.717) is 5.56 Å². The smallest absolute Gasteiger partial charge is 0.0991 e. The summed E-state index contributed by atoms with van der Waals surface area (Å²) in [6.07, 6.45) is 0. The molecular weight excluding hydrogens is 539 g/mol. The van der Waals surface area contributed by atoms with Gasteiger partial charge in [-0.2, -0.15) is 5.26 Å². The number of hydrogen-bond acceptors (Lipinski definition) is 2. The molecule has 1 aromatic heterocycles. The van der Waals surface area contributed by atoms with E-state index in [4.69, 9.17) is 0 Å². The fourth-order valence-electron chi connectivity index (χ4n) is 6.80. The second-order valence-electron chi connectivity index (χ2n) is 11.2. The first-order chi connectivity index (χ1) is 21.2. The lowest BCUT2D eigenvalue weighted by molar-refractivity contribution is 1.50. The van der Waals surface area contributed by atoms with Crippen LogP contribution in [0.15, 0.2) is 140 Å². The average molecular weight is 562 g/mol. The maximum absolute atomic E-state index is 9.54. The normalized spacial score (nSPS) is 11.7. The Bertz CT molecular complexity index is 2630. The SMILES string of the molecule is N#Cc1ccc2sc3ccc(-c4cc5c6ccccc6c(-c6ccc7ccccc7c6)cc5c5ccccc45)cc3c2c1. The van der Waals surface area contributed by atoms with Crippen LogP contribution in [0.5, 0.6) is 0 Å². The molecule has 0 amide bonds. The first-order valence-corrected chi connectivity index (χ1v) is 15.3. The molecule has 0 aliphatic heterocycles. The fraction of sp³-hybridized carbons (Fsp3) is 0.